The van der Waals surface area contributed by atoms with E-state index in [4.69, 9.17) is 4.74 Å². The van der Waals surface area contributed by atoms with E-state index in [1.165, 1.54) is 0 Å². The molecule has 2 N–H and O–H groups in total. The van der Waals surface area contributed by atoms with Gasteiger partial charge in [-0.15, -0.1) is 0 Å². The zero-order valence-electron chi connectivity index (χ0n) is 9.72. The largest absolute Gasteiger partial charge is 0.381 e. The van der Waals surface area contributed by atoms with E-state index >= 15 is 0 Å². The Morgan fingerprint density at radius 2 is 1.67 bits per heavy atom. The normalized spacial score (nSPS) is 44.7. The van der Waals surface area contributed by atoms with Gasteiger partial charge < -0.3 is 15.4 Å². The Hall–Kier alpha value is -0.450. The highest BCUT2D eigenvalue weighted by atomic mass is 16.5. The number of hydrogen-bond donors (Lipinski definition) is 2. The smallest absolute Gasteiger partial charge is 0.136 e. The van der Waals surface area contributed by atoms with Crippen molar-refractivity contribution in [2.24, 2.45) is 0 Å². The van der Waals surface area contributed by atoms with Crippen molar-refractivity contribution in [1.82, 2.24) is 10.6 Å². The zero-order chi connectivity index (χ0) is 11.1. The number of carbonyl (C=O) groups is 1. The van der Waals surface area contributed by atoms with Crippen molar-refractivity contribution in [2.75, 3.05) is 21.2 Å². The summed E-state index contributed by atoms with van der Waals surface area (Å²) in [6.07, 6.45) is 3.37. The monoisotopic (exact) mass is 212 g/mol. The van der Waals surface area contributed by atoms with Gasteiger partial charge >= 0.3 is 0 Å². The number of ketones is 1. The molecule has 0 aromatic carbocycles. The van der Waals surface area contributed by atoms with Crippen LogP contribution in [-0.4, -0.2) is 44.2 Å². The average Bonchev–Trinajstić information content (AvgIpc) is 2.66. The number of methoxy groups -OCH3 is 1. The highest BCUT2D eigenvalue weighted by Gasteiger charge is 2.62. The minimum absolute atomic E-state index is 0.0977. The molecule has 4 heteroatoms. The number of Topliss-reactive ketones (excluding diaryl/α,β-unsaturated/α-hetero) is 1. The first-order chi connectivity index (χ1) is 7.11. The predicted molar refractivity (Wildman–Crippen MR) is 57.9 cm³/mol. The Morgan fingerprint density at radius 1 is 1.20 bits per heavy atom. The molecule has 0 heterocycles. The first-order valence-corrected chi connectivity index (χ1v) is 5.54. The summed E-state index contributed by atoms with van der Waals surface area (Å²) in [6.45, 7) is 0. The van der Waals surface area contributed by atoms with Crippen LogP contribution in [0.15, 0.2) is 0 Å². The second-order valence-corrected chi connectivity index (χ2v) is 4.82. The summed E-state index contributed by atoms with van der Waals surface area (Å²) in [5, 5.41) is 6.72. The molecule has 2 rings (SSSR count). The Bertz CT molecular complexity index is 258. The number of hydrogen-bond acceptors (Lipinski definition) is 4. The van der Waals surface area contributed by atoms with E-state index in [1.807, 2.05) is 14.1 Å². The molecular formula is C11H20N2O2. The van der Waals surface area contributed by atoms with Crippen molar-refractivity contribution in [3.05, 3.63) is 0 Å². The van der Waals surface area contributed by atoms with Crippen LogP contribution in [0.4, 0.5) is 0 Å². The summed E-state index contributed by atoms with van der Waals surface area (Å²) in [4.78, 5) is 11.7. The molecule has 2 aliphatic carbocycles. The molecule has 2 atom stereocenters. The fraction of sp³-hybridized carbons (Fsp3) is 0.909. The fourth-order valence-corrected chi connectivity index (χ4v) is 3.48. The molecular weight excluding hydrogens is 192 g/mol. The van der Waals surface area contributed by atoms with Gasteiger partial charge in [0.1, 0.15) is 5.78 Å². The molecule has 0 aliphatic heterocycles. The lowest BCUT2D eigenvalue weighted by Gasteiger charge is -2.39. The second-order valence-electron chi connectivity index (χ2n) is 4.82. The molecule has 2 fully saturated rings. The van der Waals surface area contributed by atoms with E-state index in [9.17, 15) is 4.79 Å². The third kappa shape index (κ3) is 1.35. The van der Waals surface area contributed by atoms with Crippen LogP contribution in [0.3, 0.4) is 0 Å². The minimum Gasteiger partial charge on any atom is -0.381 e. The molecule has 0 spiro atoms. The Kier molecular flexibility index (Phi) is 2.61. The molecule has 0 aromatic rings. The lowest BCUT2D eigenvalue weighted by atomic mass is 9.83. The van der Waals surface area contributed by atoms with Crippen molar-refractivity contribution in [3.63, 3.8) is 0 Å². The summed E-state index contributed by atoms with van der Waals surface area (Å²) in [7, 11) is 5.64. The number of rotatable bonds is 3. The van der Waals surface area contributed by atoms with E-state index in [0.717, 1.165) is 12.8 Å². The van der Waals surface area contributed by atoms with E-state index in [-0.39, 0.29) is 17.2 Å². The Labute approximate surface area is 90.8 Å². The van der Waals surface area contributed by atoms with Gasteiger partial charge in [-0.25, -0.2) is 0 Å². The first-order valence-electron chi connectivity index (χ1n) is 5.54. The third-order valence-corrected chi connectivity index (χ3v) is 4.36. The van der Waals surface area contributed by atoms with Gasteiger partial charge in [0.2, 0.25) is 0 Å². The van der Waals surface area contributed by atoms with E-state index in [2.05, 4.69) is 10.6 Å². The molecule has 0 amide bonds. The summed E-state index contributed by atoms with van der Waals surface area (Å²) in [6, 6.07) is 0. The molecule has 4 nitrogen and oxygen atoms in total. The van der Waals surface area contributed by atoms with Gasteiger partial charge in [-0.1, -0.05) is 0 Å². The first kappa shape index (κ1) is 11.0. The summed E-state index contributed by atoms with van der Waals surface area (Å²) in [5.74, 6) is 0.355. The lowest BCUT2D eigenvalue weighted by molar-refractivity contribution is -0.118. The van der Waals surface area contributed by atoms with Gasteiger partial charge in [0.25, 0.3) is 0 Å². The van der Waals surface area contributed by atoms with Gasteiger partial charge in [-0.05, 0) is 26.9 Å². The number of likely N-dealkylation sites (N-methyl/N-ethyl adjacent to an activating group) is 2. The van der Waals surface area contributed by atoms with Crippen molar-refractivity contribution < 1.29 is 9.53 Å². The molecule has 2 unspecified atom stereocenters. The molecule has 0 bridgehead atoms. The van der Waals surface area contributed by atoms with Crippen LogP contribution in [0.25, 0.3) is 0 Å². The van der Waals surface area contributed by atoms with Crippen LogP contribution in [0.5, 0.6) is 0 Å². The number of ether oxygens (including phenoxy) is 1. The van der Waals surface area contributed by atoms with E-state index < -0.39 is 0 Å². The molecule has 2 aliphatic rings. The number of fused-ring (bicyclic) bond motifs is 1. The Balaban J connectivity index is 2.32. The van der Waals surface area contributed by atoms with E-state index in [1.54, 1.807) is 7.11 Å². The Morgan fingerprint density at radius 3 is 2.00 bits per heavy atom. The summed E-state index contributed by atoms with van der Waals surface area (Å²) >= 11 is 0. The highest BCUT2D eigenvalue weighted by molar-refractivity contribution is 5.85. The maximum Gasteiger partial charge on any atom is 0.136 e. The van der Waals surface area contributed by atoms with Gasteiger partial charge in [-0.3, -0.25) is 4.79 Å². The number of nitrogens with one attached hydrogen (secondary N) is 2. The van der Waals surface area contributed by atoms with Crippen LogP contribution >= 0.6 is 0 Å². The van der Waals surface area contributed by atoms with Crippen LogP contribution in [0.1, 0.15) is 25.7 Å². The maximum absolute atomic E-state index is 11.7. The van der Waals surface area contributed by atoms with Crippen molar-refractivity contribution in [1.29, 1.82) is 0 Å². The molecule has 2 saturated carbocycles. The third-order valence-electron chi connectivity index (χ3n) is 4.36. The second kappa shape index (κ2) is 3.54. The highest BCUT2D eigenvalue weighted by Crippen LogP contribution is 2.49. The van der Waals surface area contributed by atoms with Crippen LogP contribution in [0.2, 0.25) is 0 Å². The zero-order valence-corrected chi connectivity index (χ0v) is 9.72. The standard InChI is InChI=1S/C11H20N2O2/c1-12-10-4-8(14)5-11(10,13-2)7-9(6-10)15-3/h9,12-13H,4-7H2,1-3H3. The fourth-order valence-electron chi connectivity index (χ4n) is 3.48. The van der Waals surface area contributed by atoms with E-state index in [0.29, 0.717) is 18.6 Å². The number of carbonyl (C=O) groups excluding carboxylic acids is 1. The van der Waals surface area contributed by atoms with Crippen LogP contribution in [0, 0.1) is 0 Å². The maximum atomic E-state index is 11.7. The summed E-state index contributed by atoms with van der Waals surface area (Å²) in [5.41, 5.74) is -0.195. The van der Waals surface area contributed by atoms with Crippen molar-refractivity contribution in [2.45, 2.75) is 42.9 Å². The quantitative estimate of drug-likeness (QED) is 0.695. The molecule has 15 heavy (non-hydrogen) atoms. The SMILES string of the molecule is CNC12CC(=O)CC1(NC)CC(OC)C2. The van der Waals surface area contributed by atoms with Gasteiger partial charge in [0.15, 0.2) is 0 Å². The van der Waals surface area contributed by atoms with Gasteiger partial charge in [0, 0.05) is 31.0 Å². The molecule has 86 valence electrons. The topological polar surface area (TPSA) is 50.4 Å². The lowest BCUT2D eigenvalue weighted by Crippen LogP contribution is -2.61. The van der Waals surface area contributed by atoms with Crippen LogP contribution < -0.4 is 10.6 Å². The van der Waals surface area contributed by atoms with Crippen LogP contribution in [-0.2, 0) is 9.53 Å². The van der Waals surface area contributed by atoms with Crippen molar-refractivity contribution in [3.8, 4) is 0 Å². The average molecular weight is 212 g/mol. The molecule has 0 radical (unpaired) electrons. The van der Waals surface area contributed by atoms with Gasteiger partial charge in [-0.2, -0.15) is 0 Å². The predicted octanol–water partition coefficient (Wildman–Crippen LogP) is 0.0745. The minimum atomic E-state index is -0.0977. The van der Waals surface area contributed by atoms with Crippen molar-refractivity contribution >= 4 is 5.78 Å². The molecule has 0 saturated heterocycles. The molecule has 0 aromatic heterocycles. The summed E-state index contributed by atoms with van der Waals surface area (Å²) < 4.78 is 5.45. The van der Waals surface area contributed by atoms with Gasteiger partial charge in [0.05, 0.1) is 6.10 Å².